The largest absolute Gasteiger partial charge is 0.490 e. The number of hydrogen-bond donors (Lipinski definition) is 1. The van der Waals surface area contributed by atoms with E-state index in [0.29, 0.717) is 17.7 Å². The Kier molecular flexibility index (Phi) is 4.71. The average molecular weight is 339 g/mol. The maximum absolute atomic E-state index is 12.9. The minimum absolute atomic E-state index is 0.0108. The maximum Gasteiger partial charge on any atom is 0.255 e. The summed E-state index contributed by atoms with van der Waals surface area (Å²) in [4.78, 5) is 12.9. The van der Waals surface area contributed by atoms with E-state index in [1.54, 1.807) is 6.07 Å². The Balaban J connectivity index is 1.87. The highest BCUT2D eigenvalue weighted by atomic mass is 16.5. The van der Waals surface area contributed by atoms with E-state index in [2.05, 4.69) is 5.32 Å². The second-order valence-corrected chi connectivity index (χ2v) is 7.29. The van der Waals surface area contributed by atoms with Crippen molar-refractivity contribution in [2.75, 3.05) is 0 Å². The third-order valence-corrected chi connectivity index (χ3v) is 4.18. The summed E-state index contributed by atoms with van der Waals surface area (Å²) >= 11 is 0. The molecule has 1 aliphatic rings. The monoisotopic (exact) mass is 339 g/mol. The number of amides is 1. The molecule has 0 bridgehead atoms. The smallest absolute Gasteiger partial charge is 0.255 e. The molecule has 3 rings (SSSR count). The fraction of sp³-hybridized carbons (Fsp3) is 0.381. The minimum atomic E-state index is -0.333. The van der Waals surface area contributed by atoms with Crippen molar-refractivity contribution in [3.8, 4) is 11.5 Å². The summed E-state index contributed by atoms with van der Waals surface area (Å²) in [6, 6.07) is 15.1. The molecule has 0 saturated carbocycles. The molecule has 1 amide bonds. The Labute approximate surface area is 149 Å². The molecule has 2 aromatic rings. The van der Waals surface area contributed by atoms with Gasteiger partial charge in [0.05, 0.1) is 17.7 Å². The second kappa shape index (κ2) is 6.79. The van der Waals surface area contributed by atoms with Gasteiger partial charge in [-0.25, -0.2) is 0 Å². The summed E-state index contributed by atoms with van der Waals surface area (Å²) in [5, 5.41) is 3.16. The molecule has 25 heavy (non-hydrogen) atoms. The van der Waals surface area contributed by atoms with Crippen molar-refractivity contribution in [3.63, 3.8) is 0 Å². The molecule has 4 nitrogen and oxygen atoms in total. The third-order valence-electron chi connectivity index (χ3n) is 4.18. The summed E-state index contributed by atoms with van der Waals surface area (Å²) < 4.78 is 11.8. The van der Waals surface area contributed by atoms with E-state index < -0.39 is 0 Å². The summed E-state index contributed by atoms with van der Waals surface area (Å²) in [7, 11) is 0. The molecule has 0 saturated heterocycles. The molecule has 0 aromatic heterocycles. The second-order valence-electron chi connectivity index (χ2n) is 7.29. The fourth-order valence-electron chi connectivity index (χ4n) is 3.18. The zero-order valence-electron chi connectivity index (χ0n) is 15.2. The SMILES string of the molecule is CC(C)Oc1ccccc1C(=O)N[C@H]1CC(C)(C)Oc2ccccc21. The molecule has 2 aromatic carbocycles. The van der Waals surface area contributed by atoms with Crippen LogP contribution in [0, 0.1) is 0 Å². The van der Waals surface area contributed by atoms with Crippen molar-refractivity contribution in [1.29, 1.82) is 0 Å². The van der Waals surface area contributed by atoms with Gasteiger partial charge in [0.15, 0.2) is 0 Å². The summed E-state index contributed by atoms with van der Waals surface area (Å²) in [6.07, 6.45) is 0.722. The van der Waals surface area contributed by atoms with E-state index in [1.165, 1.54) is 0 Å². The number of fused-ring (bicyclic) bond motifs is 1. The molecule has 132 valence electrons. The van der Waals surface area contributed by atoms with Crippen LogP contribution in [0.15, 0.2) is 48.5 Å². The third kappa shape index (κ3) is 3.95. The van der Waals surface area contributed by atoms with Crippen molar-refractivity contribution in [2.24, 2.45) is 0 Å². The van der Waals surface area contributed by atoms with Crippen LogP contribution in [0.4, 0.5) is 0 Å². The summed E-state index contributed by atoms with van der Waals surface area (Å²) in [5.41, 5.74) is 1.23. The zero-order valence-corrected chi connectivity index (χ0v) is 15.2. The van der Waals surface area contributed by atoms with E-state index in [-0.39, 0.29) is 23.7 Å². The Hall–Kier alpha value is -2.49. The van der Waals surface area contributed by atoms with Crippen LogP contribution < -0.4 is 14.8 Å². The molecule has 0 aliphatic carbocycles. The van der Waals surface area contributed by atoms with Gasteiger partial charge in [-0.2, -0.15) is 0 Å². The van der Waals surface area contributed by atoms with E-state index in [1.807, 2.05) is 70.2 Å². The van der Waals surface area contributed by atoms with Gasteiger partial charge < -0.3 is 14.8 Å². The van der Waals surface area contributed by atoms with E-state index >= 15 is 0 Å². The first-order chi connectivity index (χ1) is 11.9. The van der Waals surface area contributed by atoms with Gasteiger partial charge in [-0.1, -0.05) is 30.3 Å². The number of para-hydroxylation sites is 2. The van der Waals surface area contributed by atoms with Gasteiger partial charge >= 0.3 is 0 Å². The maximum atomic E-state index is 12.9. The van der Waals surface area contributed by atoms with Crippen LogP contribution in [-0.2, 0) is 0 Å². The van der Waals surface area contributed by atoms with E-state index in [9.17, 15) is 4.79 Å². The molecule has 0 fully saturated rings. The quantitative estimate of drug-likeness (QED) is 0.892. The van der Waals surface area contributed by atoms with Crippen LogP contribution in [-0.4, -0.2) is 17.6 Å². The van der Waals surface area contributed by atoms with E-state index in [4.69, 9.17) is 9.47 Å². The zero-order chi connectivity index (χ0) is 18.0. The lowest BCUT2D eigenvalue weighted by molar-refractivity contribution is 0.0618. The van der Waals surface area contributed by atoms with E-state index in [0.717, 1.165) is 11.3 Å². The Morgan fingerprint density at radius 3 is 2.60 bits per heavy atom. The highest BCUT2D eigenvalue weighted by Crippen LogP contribution is 2.39. The van der Waals surface area contributed by atoms with Crippen LogP contribution in [0.5, 0.6) is 11.5 Å². The minimum Gasteiger partial charge on any atom is -0.490 e. The van der Waals surface area contributed by atoms with Crippen molar-refractivity contribution >= 4 is 5.91 Å². The highest BCUT2D eigenvalue weighted by molar-refractivity contribution is 5.97. The molecule has 0 radical (unpaired) electrons. The van der Waals surface area contributed by atoms with Gasteiger partial charge in [-0.3, -0.25) is 4.79 Å². The predicted octanol–water partition coefficient (Wildman–Crippen LogP) is 4.51. The average Bonchev–Trinajstić information content (AvgIpc) is 2.53. The summed E-state index contributed by atoms with van der Waals surface area (Å²) in [5.74, 6) is 1.30. The van der Waals surface area contributed by atoms with Gasteiger partial charge in [0.2, 0.25) is 0 Å². The number of benzene rings is 2. The molecule has 1 N–H and O–H groups in total. The van der Waals surface area contributed by atoms with Crippen molar-refractivity contribution in [2.45, 2.75) is 51.9 Å². The van der Waals surface area contributed by atoms with Crippen molar-refractivity contribution in [1.82, 2.24) is 5.32 Å². The van der Waals surface area contributed by atoms with Crippen LogP contribution in [0.3, 0.4) is 0 Å². The lowest BCUT2D eigenvalue weighted by atomic mass is 9.89. The molecule has 0 unspecified atom stereocenters. The molecule has 0 spiro atoms. The van der Waals surface area contributed by atoms with Crippen LogP contribution >= 0.6 is 0 Å². The Morgan fingerprint density at radius 2 is 1.84 bits per heavy atom. The molecular weight excluding hydrogens is 314 g/mol. The van der Waals surface area contributed by atoms with Gasteiger partial charge in [-0.15, -0.1) is 0 Å². The van der Waals surface area contributed by atoms with Crippen LogP contribution in [0.25, 0.3) is 0 Å². The lowest BCUT2D eigenvalue weighted by Gasteiger charge is -2.37. The molecule has 4 heteroatoms. The number of carbonyl (C=O) groups excluding carboxylic acids is 1. The van der Waals surface area contributed by atoms with Gasteiger partial charge in [0.25, 0.3) is 5.91 Å². The molecule has 1 heterocycles. The number of hydrogen-bond acceptors (Lipinski definition) is 3. The highest BCUT2D eigenvalue weighted by Gasteiger charge is 2.34. The van der Waals surface area contributed by atoms with Crippen LogP contribution in [0.1, 0.15) is 56.1 Å². The normalized spacial score (nSPS) is 18.2. The first-order valence-corrected chi connectivity index (χ1v) is 8.70. The Morgan fingerprint density at radius 1 is 1.16 bits per heavy atom. The molecular formula is C21H25NO3. The summed E-state index contributed by atoms with van der Waals surface area (Å²) in [6.45, 7) is 7.98. The number of rotatable bonds is 4. The Bertz CT molecular complexity index is 767. The topological polar surface area (TPSA) is 47.6 Å². The molecule has 1 atom stereocenters. The van der Waals surface area contributed by atoms with Gasteiger partial charge in [0.1, 0.15) is 17.1 Å². The first kappa shape index (κ1) is 17.3. The standard InChI is InChI=1S/C21H25NO3/c1-14(2)24-18-11-7-6-10-16(18)20(23)22-17-13-21(3,4)25-19-12-8-5-9-15(17)19/h5-12,14,17H,13H2,1-4H3,(H,22,23)/t17-/m0/s1. The number of ether oxygens (including phenoxy) is 2. The van der Waals surface area contributed by atoms with Gasteiger partial charge in [0, 0.05) is 12.0 Å². The van der Waals surface area contributed by atoms with Crippen molar-refractivity contribution in [3.05, 3.63) is 59.7 Å². The fourth-order valence-corrected chi connectivity index (χ4v) is 3.18. The number of carbonyl (C=O) groups is 1. The molecule has 1 aliphatic heterocycles. The van der Waals surface area contributed by atoms with Crippen molar-refractivity contribution < 1.29 is 14.3 Å². The lowest BCUT2D eigenvalue weighted by Crippen LogP contribution is -2.41. The predicted molar refractivity (Wildman–Crippen MR) is 98.2 cm³/mol. The van der Waals surface area contributed by atoms with Crippen LogP contribution in [0.2, 0.25) is 0 Å². The first-order valence-electron chi connectivity index (χ1n) is 8.70. The van der Waals surface area contributed by atoms with Gasteiger partial charge in [-0.05, 0) is 45.9 Å². The number of nitrogens with one attached hydrogen (secondary N) is 1.